The summed E-state index contributed by atoms with van der Waals surface area (Å²) in [5, 5.41) is 3.19. The van der Waals surface area contributed by atoms with Crippen molar-refractivity contribution in [2.75, 3.05) is 34.0 Å². The zero-order valence-electron chi connectivity index (χ0n) is 11.4. The van der Waals surface area contributed by atoms with Crippen LogP contribution in [-0.4, -0.2) is 40.4 Å². The van der Waals surface area contributed by atoms with Crippen LogP contribution < -0.4 is 14.8 Å². The number of ether oxygens (including phenoxy) is 3. The third-order valence-electron chi connectivity index (χ3n) is 2.45. The maximum absolute atomic E-state index is 12.2. The molecule has 114 valence electrons. The van der Waals surface area contributed by atoms with Gasteiger partial charge in [-0.3, -0.25) is 0 Å². The lowest BCUT2D eigenvalue weighted by atomic mass is 10.2. The van der Waals surface area contributed by atoms with Crippen LogP contribution in [0.25, 0.3) is 0 Å². The van der Waals surface area contributed by atoms with Gasteiger partial charge in [-0.25, -0.2) is 8.78 Å². The van der Waals surface area contributed by atoms with Crippen LogP contribution in [0.4, 0.5) is 8.78 Å². The summed E-state index contributed by atoms with van der Waals surface area (Å²) >= 11 is 3.31. The van der Waals surface area contributed by atoms with Gasteiger partial charge < -0.3 is 19.5 Å². The zero-order valence-corrected chi connectivity index (χ0v) is 13.0. The van der Waals surface area contributed by atoms with Crippen molar-refractivity contribution in [1.82, 2.24) is 5.32 Å². The topological polar surface area (TPSA) is 39.7 Å². The number of benzene rings is 1. The summed E-state index contributed by atoms with van der Waals surface area (Å²) in [4.78, 5) is 0. The predicted molar refractivity (Wildman–Crippen MR) is 75.8 cm³/mol. The van der Waals surface area contributed by atoms with Crippen LogP contribution in [0.1, 0.15) is 5.56 Å². The molecular formula is C13H18BrF2NO3. The van der Waals surface area contributed by atoms with Crippen LogP contribution in [0.3, 0.4) is 0 Å². The monoisotopic (exact) mass is 353 g/mol. The van der Waals surface area contributed by atoms with E-state index in [2.05, 4.69) is 21.2 Å². The maximum Gasteiger partial charge on any atom is 0.272 e. The van der Waals surface area contributed by atoms with E-state index in [4.69, 9.17) is 14.2 Å². The van der Waals surface area contributed by atoms with E-state index >= 15 is 0 Å². The molecule has 1 N–H and O–H groups in total. The smallest absolute Gasteiger partial charge is 0.272 e. The number of halogens is 3. The van der Waals surface area contributed by atoms with Crippen molar-refractivity contribution in [3.63, 3.8) is 0 Å². The zero-order chi connectivity index (χ0) is 15.0. The highest BCUT2D eigenvalue weighted by atomic mass is 79.9. The fourth-order valence-electron chi connectivity index (χ4n) is 1.57. The van der Waals surface area contributed by atoms with Crippen molar-refractivity contribution in [2.24, 2.45) is 0 Å². The first kappa shape index (κ1) is 17.1. The molecule has 20 heavy (non-hydrogen) atoms. The first-order valence-corrected chi connectivity index (χ1v) is 6.84. The number of hydrogen-bond acceptors (Lipinski definition) is 4. The molecule has 0 atom stereocenters. The molecular weight excluding hydrogens is 336 g/mol. The van der Waals surface area contributed by atoms with Gasteiger partial charge in [0.25, 0.3) is 6.43 Å². The minimum atomic E-state index is -2.53. The lowest BCUT2D eigenvalue weighted by molar-refractivity contribution is 0.0800. The van der Waals surface area contributed by atoms with Gasteiger partial charge in [-0.15, -0.1) is 0 Å². The van der Waals surface area contributed by atoms with Crippen molar-refractivity contribution >= 4 is 15.9 Å². The Hall–Kier alpha value is -0.920. The Labute approximate surface area is 125 Å². The van der Waals surface area contributed by atoms with Gasteiger partial charge in [-0.1, -0.05) is 0 Å². The molecule has 0 radical (unpaired) electrons. The second-order valence-electron chi connectivity index (χ2n) is 3.98. The minimum absolute atomic E-state index is 0.286. The summed E-state index contributed by atoms with van der Waals surface area (Å²) in [5.74, 6) is 0.706. The Morgan fingerprint density at radius 3 is 2.65 bits per heavy atom. The molecule has 7 heteroatoms. The lowest BCUT2D eigenvalue weighted by Crippen LogP contribution is -2.18. The second kappa shape index (κ2) is 9.10. The molecule has 0 heterocycles. The molecule has 0 aliphatic carbocycles. The van der Waals surface area contributed by atoms with E-state index in [1.807, 2.05) is 6.07 Å². The Kier molecular flexibility index (Phi) is 7.79. The molecule has 4 nitrogen and oxygen atoms in total. The molecule has 1 aromatic carbocycles. The Bertz CT molecular complexity index is 419. The molecule has 0 amide bonds. The molecule has 0 saturated heterocycles. The van der Waals surface area contributed by atoms with Crippen molar-refractivity contribution in [3.05, 3.63) is 22.2 Å². The molecule has 0 unspecified atom stereocenters. The highest BCUT2D eigenvalue weighted by molar-refractivity contribution is 9.10. The Morgan fingerprint density at radius 1 is 1.30 bits per heavy atom. The van der Waals surface area contributed by atoms with Crippen molar-refractivity contribution < 1.29 is 23.0 Å². The van der Waals surface area contributed by atoms with Gasteiger partial charge in [0.2, 0.25) is 0 Å². The minimum Gasteiger partial charge on any atom is -0.493 e. The standard InChI is InChI=1S/C13H18BrF2NO3/c1-18-4-3-17-7-9-5-10(14)13(11(6-9)19-2)20-8-12(15)16/h5-6,12,17H,3-4,7-8H2,1-2H3. The van der Waals surface area contributed by atoms with E-state index in [-0.39, 0.29) is 5.75 Å². The van der Waals surface area contributed by atoms with E-state index in [0.717, 1.165) is 12.1 Å². The number of alkyl halides is 2. The quantitative estimate of drug-likeness (QED) is 0.693. The highest BCUT2D eigenvalue weighted by Gasteiger charge is 2.14. The van der Waals surface area contributed by atoms with Gasteiger partial charge in [0.05, 0.1) is 18.2 Å². The number of rotatable bonds is 9. The fourth-order valence-corrected chi connectivity index (χ4v) is 2.17. The first-order chi connectivity index (χ1) is 9.58. The number of nitrogens with one attached hydrogen (secondary N) is 1. The van der Waals surface area contributed by atoms with E-state index in [1.54, 1.807) is 13.2 Å². The van der Waals surface area contributed by atoms with Gasteiger partial charge in [-0.05, 0) is 33.6 Å². The molecule has 1 rings (SSSR count). The third-order valence-corrected chi connectivity index (χ3v) is 3.04. The normalized spacial score (nSPS) is 10.9. The van der Waals surface area contributed by atoms with Crippen LogP contribution >= 0.6 is 15.9 Å². The van der Waals surface area contributed by atoms with E-state index in [0.29, 0.717) is 23.4 Å². The van der Waals surface area contributed by atoms with Crippen molar-refractivity contribution in [1.29, 1.82) is 0 Å². The molecule has 0 bridgehead atoms. The number of methoxy groups -OCH3 is 2. The van der Waals surface area contributed by atoms with Gasteiger partial charge >= 0.3 is 0 Å². The van der Waals surface area contributed by atoms with E-state index < -0.39 is 13.0 Å². The van der Waals surface area contributed by atoms with Crippen molar-refractivity contribution in [3.8, 4) is 11.5 Å². The van der Waals surface area contributed by atoms with E-state index in [1.165, 1.54) is 7.11 Å². The summed E-state index contributed by atoms with van der Waals surface area (Å²) in [6.45, 7) is 1.29. The third kappa shape index (κ3) is 5.60. The summed E-state index contributed by atoms with van der Waals surface area (Å²) < 4.78 is 40.2. The van der Waals surface area contributed by atoms with Gasteiger partial charge in [0.15, 0.2) is 11.5 Å². The van der Waals surface area contributed by atoms with Gasteiger partial charge in [0, 0.05) is 20.2 Å². The Balaban J connectivity index is 2.73. The average molecular weight is 354 g/mol. The predicted octanol–water partition coefficient (Wildman–Crippen LogP) is 2.84. The molecule has 0 fully saturated rings. The van der Waals surface area contributed by atoms with E-state index in [9.17, 15) is 8.78 Å². The molecule has 0 aromatic heterocycles. The van der Waals surface area contributed by atoms with Gasteiger partial charge in [0.1, 0.15) is 6.61 Å². The molecule has 0 saturated carbocycles. The summed E-state index contributed by atoms with van der Waals surface area (Å²) in [5.41, 5.74) is 0.953. The SMILES string of the molecule is COCCNCc1cc(Br)c(OCC(F)F)c(OC)c1. The lowest BCUT2D eigenvalue weighted by Gasteiger charge is -2.14. The van der Waals surface area contributed by atoms with Crippen LogP contribution in [0.2, 0.25) is 0 Å². The maximum atomic E-state index is 12.2. The van der Waals surface area contributed by atoms with Crippen LogP contribution in [-0.2, 0) is 11.3 Å². The molecule has 0 spiro atoms. The average Bonchev–Trinajstić information content (AvgIpc) is 2.41. The summed E-state index contributed by atoms with van der Waals surface area (Å²) in [6.07, 6.45) is -2.53. The highest BCUT2D eigenvalue weighted by Crippen LogP contribution is 2.36. The largest absolute Gasteiger partial charge is 0.493 e. The van der Waals surface area contributed by atoms with Crippen LogP contribution in [0, 0.1) is 0 Å². The Morgan fingerprint density at radius 2 is 2.05 bits per heavy atom. The second-order valence-corrected chi connectivity index (χ2v) is 4.84. The van der Waals surface area contributed by atoms with Crippen LogP contribution in [0.5, 0.6) is 11.5 Å². The van der Waals surface area contributed by atoms with Crippen LogP contribution in [0.15, 0.2) is 16.6 Å². The summed E-state index contributed by atoms with van der Waals surface area (Å²) in [6, 6.07) is 3.56. The fraction of sp³-hybridized carbons (Fsp3) is 0.538. The molecule has 1 aromatic rings. The molecule has 0 aliphatic rings. The van der Waals surface area contributed by atoms with Gasteiger partial charge in [-0.2, -0.15) is 0 Å². The summed E-state index contributed by atoms with van der Waals surface area (Å²) in [7, 11) is 3.11. The first-order valence-electron chi connectivity index (χ1n) is 6.05. The molecule has 0 aliphatic heterocycles. The number of hydrogen-bond donors (Lipinski definition) is 1. The van der Waals surface area contributed by atoms with Crippen molar-refractivity contribution in [2.45, 2.75) is 13.0 Å².